The van der Waals surface area contributed by atoms with E-state index in [1.807, 2.05) is 31.2 Å². The lowest BCUT2D eigenvalue weighted by Gasteiger charge is -2.14. The Morgan fingerprint density at radius 1 is 1.18 bits per heavy atom. The highest BCUT2D eigenvalue weighted by molar-refractivity contribution is 5.74. The van der Waals surface area contributed by atoms with Crippen LogP contribution in [0.1, 0.15) is 30.2 Å². The van der Waals surface area contributed by atoms with Gasteiger partial charge < -0.3 is 15.1 Å². The molecule has 2 rings (SSSR count). The molecule has 4 heteroatoms. The summed E-state index contributed by atoms with van der Waals surface area (Å²) in [6.45, 7) is 4.73. The van der Waals surface area contributed by atoms with Crippen LogP contribution in [0.15, 0.2) is 47.1 Å². The molecular weight excluding hydrogens is 276 g/mol. The van der Waals surface area contributed by atoms with Crippen molar-refractivity contribution >= 4 is 6.03 Å². The number of hydrogen-bond acceptors (Lipinski definition) is 2. The Kier molecular flexibility index (Phi) is 6.07. The third kappa shape index (κ3) is 5.28. The topological polar surface area (TPSA) is 54.3 Å². The van der Waals surface area contributed by atoms with E-state index in [0.29, 0.717) is 6.54 Å². The van der Waals surface area contributed by atoms with Gasteiger partial charge in [-0.1, -0.05) is 24.3 Å². The summed E-state index contributed by atoms with van der Waals surface area (Å²) in [4.78, 5) is 11.8. The number of rotatable bonds is 7. The van der Waals surface area contributed by atoms with Gasteiger partial charge in [0.05, 0.1) is 6.26 Å². The Balaban J connectivity index is 1.64. The second kappa shape index (κ2) is 8.27. The summed E-state index contributed by atoms with van der Waals surface area (Å²) in [6.07, 6.45) is 4.21. The average Bonchev–Trinajstić information content (AvgIpc) is 3.00. The van der Waals surface area contributed by atoms with E-state index in [4.69, 9.17) is 4.42 Å². The molecule has 1 atom stereocenters. The molecule has 0 saturated carbocycles. The van der Waals surface area contributed by atoms with E-state index >= 15 is 0 Å². The first kappa shape index (κ1) is 16.1. The highest BCUT2D eigenvalue weighted by atomic mass is 16.3. The average molecular weight is 300 g/mol. The van der Waals surface area contributed by atoms with Crippen molar-refractivity contribution in [2.24, 2.45) is 0 Å². The van der Waals surface area contributed by atoms with Crippen LogP contribution in [0.2, 0.25) is 0 Å². The van der Waals surface area contributed by atoms with Crippen LogP contribution in [-0.2, 0) is 12.8 Å². The molecular formula is C18H24N2O2. The molecule has 0 aliphatic carbocycles. The van der Waals surface area contributed by atoms with Crippen molar-refractivity contribution in [1.29, 1.82) is 0 Å². The molecule has 4 nitrogen and oxygen atoms in total. The summed E-state index contributed by atoms with van der Waals surface area (Å²) in [5, 5.41) is 5.86. The highest BCUT2D eigenvalue weighted by Gasteiger charge is 2.08. The quantitative estimate of drug-likeness (QED) is 0.823. The molecule has 0 fully saturated rings. The Morgan fingerprint density at radius 2 is 2.00 bits per heavy atom. The summed E-state index contributed by atoms with van der Waals surface area (Å²) < 4.78 is 5.29. The van der Waals surface area contributed by atoms with Gasteiger partial charge in [-0.05, 0) is 49.9 Å². The number of nitrogens with one attached hydrogen (secondary N) is 2. The molecule has 1 aromatic carbocycles. The largest absolute Gasteiger partial charge is 0.469 e. The van der Waals surface area contributed by atoms with E-state index in [9.17, 15) is 4.79 Å². The first-order valence-electron chi connectivity index (χ1n) is 7.76. The lowest BCUT2D eigenvalue weighted by atomic mass is 10.1. The van der Waals surface area contributed by atoms with E-state index in [1.165, 1.54) is 11.1 Å². The van der Waals surface area contributed by atoms with E-state index < -0.39 is 0 Å². The third-order valence-electron chi connectivity index (χ3n) is 3.72. The van der Waals surface area contributed by atoms with Crippen molar-refractivity contribution in [3.63, 3.8) is 0 Å². The molecule has 0 radical (unpaired) electrons. The SMILES string of the molecule is Cc1ccccc1CCNC(=O)N[C@H](C)CCc1ccco1. The van der Waals surface area contributed by atoms with Crippen molar-refractivity contribution in [2.45, 2.75) is 39.2 Å². The van der Waals surface area contributed by atoms with E-state index in [1.54, 1.807) is 6.26 Å². The van der Waals surface area contributed by atoms with Gasteiger partial charge in [-0.15, -0.1) is 0 Å². The number of amides is 2. The van der Waals surface area contributed by atoms with Crippen LogP contribution < -0.4 is 10.6 Å². The minimum absolute atomic E-state index is 0.111. The predicted molar refractivity (Wildman–Crippen MR) is 87.9 cm³/mol. The van der Waals surface area contributed by atoms with Gasteiger partial charge >= 0.3 is 6.03 Å². The molecule has 0 saturated heterocycles. The van der Waals surface area contributed by atoms with Gasteiger partial charge in [0.2, 0.25) is 0 Å². The Bertz CT molecular complexity index is 579. The first-order valence-corrected chi connectivity index (χ1v) is 7.76. The van der Waals surface area contributed by atoms with Gasteiger partial charge in [0.15, 0.2) is 0 Å². The standard InChI is InChI=1S/C18H24N2O2/c1-14-6-3-4-7-16(14)11-12-19-18(21)20-15(2)9-10-17-8-5-13-22-17/h3-8,13,15H,9-12H2,1-2H3,(H2,19,20,21)/t15-/m1/s1. The molecule has 118 valence electrons. The molecule has 0 aliphatic heterocycles. The normalized spacial score (nSPS) is 11.9. The first-order chi connectivity index (χ1) is 10.6. The number of furan rings is 1. The minimum Gasteiger partial charge on any atom is -0.469 e. The maximum atomic E-state index is 11.8. The fourth-order valence-electron chi connectivity index (χ4n) is 2.36. The maximum Gasteiger partial charge on any atom is 0.315 e. The van der Waals surface area contributed by atoms with Crippen molar-refractivity contribution < 1.29 is 9.21 Å². The van der Waals surface area contributed by atoms with Crippen molar-refractivity contribution in [3.8, 4) is 0 Å². The minimum atomic E-state index is -0.111. The zero-order valence-electron chi connectivity index (χ0n) is 13.3. The Hall–Kier alpha value is -2.23. The van der Waals surface area contributed by atoms with Gasteiger partial charge in [0, 0.05) is 19.0 Å². The van der Waals surface area contributed by atoms with Crippen molar-refractivity contribution in [2.75, 3.05) is 6.54 Å². The number of carbonyl (C=O) groups is 1. The van der Waals surface area contributed by atoms with E-state index in [-0.39, 0.29) is 12.1 Å². The lowest BCUT2D eigenvalue weighted by Crippen LogP contribution is -2.41. The second-order valence-electron chi connectivity index (χ2n) is 5.60. The van der Waals surface area contributed by atoms with Gasteiger partial charge in [-0.25, -0.2) is 4.79 Å². The molecule has 0 spiro atoms. The van der Waals surface area contributed by atoms with Gasteiger partial charge in [0.1, 0.15) is 5.76 Å². The highest BCUT2D eigenvalue weighted by Crippen LogP contribution is 2.07. The summed E-state index contributed by atoms with van der Waals surface area (Å²) >= 11 is 0. The zero-order valence-corrected chi connectivity index (χ0v) is 13.3. The Morgan fingerprint density at radius 3 is 2.73 bits per heavy atom. The van der Waals surface area contributed by atoms with Crippen LogP contribution in [0.25, 0.3) is 0 Å². The number of benzene rings is 1. The second-order valence-corrected chi connectivity index (χ2v) is 5.60. The monoisotopic (exact) mass is 300 g/mol. The molecule has 0 bridgehead atoms. The van der Waals surface area contributed by atoms with Crippen LogP contribution in [0.3, 0.4) is 0 Å². The Labute approximate surface area is 131 Å². The molecule has 0 aliphatic rings. The van der Waals surface area contributed by atoms with Gasteiger partial charge in [-0.2, -0.15) is 0 Å². The van der Waals surface area contributed by atoms with Crippen LogP contribution in [-0.4, -0.2) is 18.6 Å². The number of hydrogen-bond donors (Lipinski definition) is 2. The molecule has 1 heterocycles. The molecule has 2 N–H and O–H groups in total. The number of carbonyl (C=O) groups excluding carboxylic acids is 1. The maximum absolute atomic E-state index is 11.8. The summed E-state index contributed by atoms with van der Waals surface area (Å²) in [5.74, 6) is 0.952. The summed E-state index contributed by atoms with van der Waals surface area (Å²) in [6, 6.07) is 12.1. The van der Waals surface area contributed by atoms with Crippen molar-refractivity contribution in [1.82, 2.24) is 10.6 Å². The fourth-order valence-corrected chi connectivity index (χ4v) is 2.36. The van der Waals surface area contributed by atoms with Crippen LogP contribution in [0.4, 0.5) is 4.79 Å². The summed E-state index contributed by atoms with van der Waals surface area (Å²) in [7, 11) is 0. The smallest absolute Gasteiger partial charge is 0.315 e. The molecule has 1 aromatic heterocycles. The van der Waals surface area contributed by atoms with Gasteiger partial charge in [0.25, 0.3) is 0 Å². The zero-order chi connectivity index (χ0) is 15.8. The lowest BCUT2D eigenvalue weighted by molar-refractivity contribution is 0.237. The van der Waals surface area contributed by atoms with Crippen molar-refractivity contribution in [3.05, 3.63) is 59.5 Å². The van der Waals surface area contributed by atoms with Gasteiger partial charge in [-0.3, -0.25) is 0 Å². The number of aryl methyl sites for hydroxylation is 2. The van der Waals surface area contributed by atoms with Crippen LogP contribution in [0, 0.1) is 6.92 Å². The van der Waals surface area contributed by atoms with E-state index in [2.05, 4.69) is 29.7 Å². The summed E-state index contributed by atoms with van der Waals surface area (Å²) in [5.41, 5.74) is 2.53. The van der Waals surface area contributed by atoms with Crippen LogP contribution >= 0.6 is 0 Å². The molecule has 2 amide bonds. The third-order valence-corrected chi connectivity index (χ3v) is 3.72. The predicted octanol–water partition coefficient (Wildman–Crippen LogP) is 3.45. The van der Waals surface area contributed by atoms with Crippen LogP contribution in [0.5, 0.6) is 0 Å². The molecule has 2 aromatic rings. The molecule has 0 unspecified atom stereocenters. The number of urea groups is 1. The molecule has 22 heavy (non-hydrogen) atoms. The van der Waals surface area contributed by atoms with E-state index in [0.717, 1.165) is 25.0 Å². The fraction of sp³-hybridized carbons (Fsp3) is 0.389.